The van der Waals surface area contributed by atoms with E-state index in [0.29, 0.717) is 16.8 Å². The number of halogens is 2. The Morgan fingerprint density at radius 1 is 1.31 bits per heavy atom. The van der Waals surface area contributed by atoms with Crippen LogP contribution in [0.15, 0.2) is 41.1 Å². The van der Waals surface area contributed by atoms with Gasteiger partial charge in [-0.25, -0.2) is 14.4 Å². The van der Waals surface area contributed by atoms with Crippen molar-refractivity contribution in [3.63, 3.8) is 0 Å². The minimum atomic E-state index is -1.01. The molecular formula is C20H19Cl2NO6. The summed E-state index contributed by atoms with van der Waals surface area (Å²) in [6.45, 7) is 3.32. The maximum Gasteiger partial charge on any atom is 0.334 e. The fourth-order valence-corrected chi connectivity index (χ4v) is 4.09. The number of cyclic esters (lactones) is 1. The molecule has 1 aromatic carbocycles. The molecule has 2 aliphatic heterocycles. The van der Waals surface area contributed by atoms with E-state index in [0.717, 1.165) is 0 Å². The normalized spacial score (nSPS) is 21.2. The molecule has 0 N–H and O–H groups in total. The van der Waals surface area contributed by atoms with E-state index in [1.807, 2.05) is 0 Å². The molecule has 2 heterocycles. The minimum Gasteiger partial charge on any atom is -0.466 e. The van der Waals surface area contributed by atoms with Gasteiger partial charge in [0, 0.05) is 12.0 Å². The van der Waals surface area contributed by atoms with Crippen molar-refractivity contribution in [2.24, 2.45) is 0 Å². The van der Waals surface area contributed by atoms with Gasteiger partial charge in [-0.15, -0.1) is 0 Å². The lowest BCUT2D eigenvalue weighted by Crippen LogP contribution is -2.52. The lowest BCUT2D eigenvalue weighted by molar-refractivity contribution is -0.158. The molecule has 9 heteroatoms. The van der Waals surface area contributed by atoms with Crippen LogP contribution >= 0.6 is 23.2 Å². The monoisotopic (exact) mass is 439 g/mol. The van der Waals surface area contributed by atoms with Gasteiger partial charge in [0.15, 0.2) is 6.73 Å². The van der Waals surface area contributed by atoms with E-state index in [1.165, 1.54) is 13.2 Å². The Morgan fingerprint density at radius 2 is 2.03 bits per heavy atom. The molecule has 0 radical (unpaired) electrons. The van der Waals surface area contributed by atoms with Gasteiger partial charge in [-0.3, -0.25) is 0 Å². The van der Waals surface area contributed by atoms with Crippen molar-refractivity contribution in [3.05, 3.63) is 56.7 Å². The molecule has 0 aromatic heterocycles. The molecule has 0 saturated heterocycles. The standard InChI is InChI=1S/C20H19Cl2NO6/c1-4-28-20(26)18-16(11-6-5-7-12(21)17(11)22)15(19(25)27-3)10(2)13-8-14(24)29-9-23(13)18/h5-8,16,18H,4,9H2,1-3H3. The van der Waals surface area contributed by atoms with Crippen molar-refractivity contribution >= 4 is 41.1 Å². The zero-order valence-corrected chi connectivity index (χ0v) is 17.5. The van der Waals surface area contributed by atoms with Gasteiger partial charge in [0.05, 0.1) is 35.0 Å². The first-order valence-corrected chi connectivity index (χ1v) is 9.62. The number of methoxy groups -OCH3 is 1. The van der Waals surface area contributed by atoms with Crippen molar-refractivity contribution in [2.75, 3.05) is 20.4 Å². The van der Waals surface area contributed by atoms with Crippen LogP contribution in [0.2, 0.25) is 10.0 Å². The van der Waals surface area contributed by atoms with Gasteiger partial charge in [-0.2, -0.15) is 0 Å². The molecule has 0 aliphatic carbocycles. The average Bonchev–Trinajstić information content (AvgIpc) is 2.70. The summed E-state index contributed by atoms with van der Waals surface area (Å²) >= 11 is 12.7. The van der Waals surface area contributed by atoms with Crippen LogP contribution in [0.1, 0.15) is 25.3 Å². The third-order valence-corrected chi connectivity index (χ3v) is 5.74. The van der Waals surface area contributed by atoms with Crippen LogP contribution < -0.4 is 0 Å². The summed E-state index contributed by atoms with van der Waals surface area (Å²) in [4.78, 5) is 39.2. The average molecular weight is 440 g/mol. The SMILES string of the molecule is CCOC(=O)C1C(c2cccc(Cl)c2Cl)C(C(=O)OC)=C(C)C2=CC(=O)OCN21. The van der Waals surface area contributed by atoms with Crippen molar-refractivity contribution in [2.45, 2.75) is 25.8 Å². The molecule has 7 nitrogen and oxygen atoms in total. The van der Waals surface area contributed by atoms with Crippen LogP contribution in [0.4, 0.5) is 0 Å². The highest BCUT2D eigenvalue weighted by atomic mass is 35.5. The fourth-order valence-electron chi connectivity index (χ4n) is 3.67. The van der Waals surface area contributed by atoms with E-state index in [1.54, 1.807) is 36.9 Å². The summed E-state index contributed by atoms with van der Waals surface area (Å²) in [6, 6.07) is 3.96. The van der Waals surface area contributed by atoms with Crippen molar-refractivity contribution in [1.29, 1.82) is 0 Å². The van der Waals surface area contributed by atoms with Gasteiger partial charge in [0.2, 0.25) is 0 Å². The molecule has 3 rings (SSSR count). The highest BCUT2D eigenvalue weighted by molar-refractivity contribution is 6.42. The van der Waals surface area contributed by atoms with Crippen molar-refractivity contribution in [3.8, 4) is 0 Å². The maximum absolute atomic E-state index is 13.0. The second kappa shape index (κ2) is 8.47. The molecule has 2 unspecified atom stereocenters. The van der Waals surface area contributed by atoms with E-state index >= 15 is 0 Å². The van der Waals surface area contributed by atoms with Gasteiger partial charge in [-0.05, 0) is 31.1 Å². The van der Waals surface area contributed by atoms with Crippen LogP contribution in [0.5, 0.6) is 0 Å². The van der Waals surface area contributed by atoms with E-state index in [4.69, 9.17) is 37.4 Å². The number of nitrogens with zero attached hydrogens (tertiary/aromatic N) is 1. The number of ether oxygens (including phenoxy) is 3. The zero-order valence-electron chi connectivity index (χ0n) is 16.0. The van der Waals surface area contributed by atoms with Gasteiger partial charge >= 0.3 is 17.9 Å². The predicted molar refractivity (Wildman–Crippen MR) is 105 cm³/mol. The number of carbonyl (C=O) groups is 3. The second-order valence-corrected chi connectivity index (χ2v) is 7.22. The second-order valence-electron chi connectivity index (χ2n) is 6.44. The van der Waals surface area contributed by atoms with E-state index in [9.17, 15) is 14.4 Å². The fraction of sp³-hybridized carbons (Fsp3) is 0.350. The van der Waals surface area contributed by atoms with Crippen molar-refractivity contribution in [1.82, 2.24) is 4.90 Å². The summed E-state index contributed by atoms with van der Waals surface area (Å²) in [5, 5.41) is 0.490. The molecule has 1 aromatic rings. The Kier molecular flexibility index (Phi) is 6.19. The first-order chi connectivity index (χ1) is 13.8. The number of allylic oxidation sites excluding steroid dienone is 1. The third-order valence-electron chi connectivity index (χ3n) is 4.91. The summed E-state index contributed by atoms with van der Waals surface area (Å²) < 4.78 is 15.4. The Hall–Kier alpha value is -2.51. The molecule has 0 bridgehead atoms. The molecular weight excluding hydrogens is 421 g/mol. The number of hydrogen-bond acceptors (Lipinski definition) is 7. The first kappa shape index (κ1) is 21.2. The lowest BCUT2D eigenvalue weighted by atomic mass is 9.77. The molecule has 0 spiro atoms. The summed E-state index contributed by atoms with van der Waals surface area (Å²) in [5.74, 6) is -2.65. The van der Waals surface area contributed by atoms with Crippen LogP contribution in [0.3, 0.4) is 0 Å². The molecule has 0 saturated carbocycles. The molecule has 29 heavy (non-hydrogen) atoms. The molecule has 0 amide bonds. The van der Waals surface area contributed by atoms with Crippen LogP contribution in [0, 0.1) is 0 Å². The minimum absolute atomic E-state index is 0.133. The Morgan fingerprint density at radius 3 is 2.69 bits per heavy atom. The van der Waals surface area contributed by atoms with Gasteiger partial charge in [0.1, 0.15) is 6.04 Å². The quantitative estimate of drug-likeness (QED) is 0.525. The molecule has 2 atom stereocenters. The van der Waals surface area contributed by atoms with Crippen LogP contribution in [-0.4, -0.2) is 49.3 Å². The highest BCUT2D eigenvalue weighted by Crippen LogP contribution is 2.46. The zero-order chi connectivity index (χ0) is 21.3. The topological polar surface area (TPSA) is 82.1 Å². The molecule has 2 aliphatic rings. The number of rotatable bonds is 4. The summed E-state index contributed by atoms with van der Waals surface area (Å²) in [6.07, 6.45) is 1.24. The third kappa shape index (κ3) is 3.72. The van der Waals surface area contributed by atoms with Gasteiger partial charge in [0.25, 0.3) is 0 Å². The van der Waals surface area contributed by atoms with E-state index in [2.05, 4.69) is 0 Å². The maximum atomic E-state index is 13.0. The van der Waals surface area contributed by atoms with Crippen LogP contribution in [-0.2, 0) is 28.6 Å². The summed E-state index contributed by atoms with van der Waals surface area (Å²) in [5.41, 5.74) is 1.55. The van der Waals surface area contributed by atoms with Crippen LogP contribution in [0.25, 0.3) is 0 Å². The number of carbonyl (C=O) groups excluding carboxylic acids is 3. The highest BCUT2D eigenvalue weighted by Gasteiger charge is 2.48. The molecule has 154 valence electrons. The number of esters is 3. The number of benzene rings is 1. The Labute approximate surface area is 177 Å². The van der Waals surface area contributed by atoms with Crippen molar-refractivity contribution < 1.29 is 28.6 Å². The predicted octanol–water partition coefficient (Wildman–Crippen LogP) is 3.21. The number of fused-ring (bicyclic) bond motifs is 1. The lowest BCUT2D eigenvalue weighted by Gasteiger charge is -2.44. The molecule has 0 fully saturated rings. The van der Waals surface area contributed by atoms with Gasteiger partial charge in [-0.1, -0.05) is 35.3 Å². The largest absolute Gasteiger partial charge is 0.466 e. The van der Waals surface area contributed by atoms with Gasteiger partial charge < -0.3 is 19.1 Å². The Bertz CT molecular complexity index is 939. The first-order valence-electron chi connectivity index (χ1n) is 8.86. The smallest absolute Gasteiger partial charge is 0.334 e. The summed E-state index contributed by atoms with van der Waals surface area (Å²) in [7, 11) is 1.24. The number of hydrogen-bond donors (Lipinski definition) is 0. The van der Waals surface area contributed by atoms with E-state index in [-0.39, 0.29) is 29.0 Å². The van der Waals surface area contributed by atoms with E-state index < -0.39 is 29.9 Å². The Balaban J connectivity index is 2.33.